The summed E-state index contributed by atoms with van der Waals surface area (Å²) in [6.45, 7) is -0.202. The Labute approximate surface area is 203 Å². The molecule has 0 unspecified atom stereocenters. The summed E-state index contributed by atoms with van der Waals surface area (Å²) in [5.41, 5.74) is 1.31. The Bertz CT molecular complexity index is 1440. The number of halogens is 3. The van der Waals surface area contributed by atoms with Gasteiger partial charge in [-0.3, -0.25) is 0 Å². The highest BCUT2D eigenvalue weighted by atomic mass is 19.2. The lowest BCUT2D eigenvalue weighted by Crippen LogP contribution is -2.15. The summed E-state index contributed by atoms with van der Waals surface area (Å²) >= 11 is 0. The minimum absolute atomic E-state index is 0.113. The first-order valence-corrected chi connectivity index (χ1v) is 10.6. The van der Waals surface area contributed by atoms with Crippen molar-refractivity contribution in [2.75, 3.05) is 14.2 Å². The minimum Gasteiger partial charge on any atom is -0.486 e. The number of rotatable bonds is 7. The molecule has 0 amide bonds. The average molecular weight is 496 g/mol. The summed E-state index contributed by atoms with van der Waals surface area (Å²) in [6, 6.07) is 16.9. The van der Waals surface area contributed by atoms with Crippen molar-refractivity contribution in [3.63, 3.8) is 0 Å². The number of hydrogen-bond acceptors (Lipinski definition) is 6. The molecule has 3 aromatic carbocycles. The summed E-state index contributed by atoms with van der Waals surface area (Å²) in [6.07, 6.45) is 0. The van der Waals surface area contributed by atoms with E-state index < -0.39 is 35.1 Å². The number of nitrogens with zero attached hydrogens (tertiary/aromatic N) is 2. The number of methoxy groups -OCH3 is 2. The van der Waals surface area contributed by atoms with Gasteiger partial charge in [0.15, 0.2) is 23.1 Å². The monoisotopic (exact) mass is 496 g/mol. The molecule has 0 N–H and O–H groups in total. The van der Waals surface area contributed by atoms with Crippen molar-refractivity contribution in [1.29, 1.82) is 0 Å². The van der Waals surface area contributed by atoms with Crippen molar-refractivity contribution < 1.29 is 37.0 Å². The van der Waals surface area contributed by atoms with Crippen LogP contribution in [0, 0.1) is 17.5 Å². The van der Waals surface area contributed by atoms with Gasteiger partial charge >= 0.3 is 11.9 Å². The lowest BCUT2D eigenvalue weighted by molar-refractivity contribution is 0.0549. The first kappa shape index (κ1) is 24.5. The van der Waals surface area contributed by atoms with Gasteiger partial charge in [0.2, 0.25) is 5.82 Å². The molecular weight excluding hydrogens is 477 g/mol. The van der Waals surface area contributed by atoms with Gasteiger partial charge in [0, 0.05) is 5.56 Å². The van der Waals surface area contributed by atoms with Crippen LogP contribution in [-0.4, -0.2) is 35.9 Å². The fourth-order valence-corrected chi connectivity index (χ4v) is 3.55. The molecule has 0 atom stereocenters. The van der Waals surface area contributed by atoms with Crippen LogP contribution in [-0.2, 0) is 16.1 Å². The van der Waals surface area contributed by atoms with Crippen molar-refractivity contribution in [3.05, 3.63) is 101 Å². The summed E-state index contributed by atoms with van der Waals surface area (Å²) in [7, 11) is 2.36. The van der Waals surface area contributed by atoms with Crippen LogP contribution in [0.2, 0.25) is 0 Å². The number of ether oxygens (including phenoxy) is 3. The zero-order chi connectivity index (χ0) is 25.8. The van der Waals surface area contributed by atoms with E-state index >= 15 is 0 Å². The Morgan fingerprint density at radius 3 is 2.28 bits per heavy atom. The second-order valence-corrected chi connectivity index (χ2v) is 7.47. The second kappa shape index (κ2) is 10.3. The molecule has 10 heteroatoms. The van der Waals surface area contributed by atoms with Crippen molar-refractivity contribution in [1.82, 2.24) is 9.78 Å². The Balaban J connectivity index is 1.78. The molecule has 7 nitrogen and oxygen atoms in total. The van der Waals surface area contributed by atoms with Gasteiger partial charge in [-0.25, -0.2) is 23.1 Å². The molecular formula is C26H19F3N2O5. The number of hydrogen-bond donors (Lipinski definition) is 0. The Hall–Kier alpha value is -4.60. The molecule has 0 spiro atoms. The van der Waals surface area contributed by atoms with E-state index in [2.05, 4.69) is 5.10 Å². The molecule has 0 saturated carbocycles. The molecule has 0 aliphatic rings. The SMILES string of the molecule is COC(=O)c1c(-c2cccc(COc3ccc(F)c(F)c3F)c2)nn(-c2ccccc2)c1C(=O)OC. The van der Waals surface area contributed by atoms with Crippen LogP contribution in [0.1, 0.15) is 26.4 Å². The predicted octanol–water partition coefficient (Wildman–Crippen LogP) is 5.11. The Morgan fingerprint density at radius 2 is 1.58 bits per heavy atom. The van der Waals surface area contributed by atoms with Crippen LogP contribution in [0.15, 0.2) is 66.7 Å². The third-order valence-electron chi connectivity index (χ3n) is 5.25. The molecule has 0 saturated heterocycles. The minimum atomic E-state index is -1.63. The number of aromatic nitrogens is 2. The molecule has 0 aliphatic carbocycles. The molecule has 0 aliphatic heterocycles. The lowest BCUT2D eigenvalue weighted by atomic mass is 10.0. The quantitative estimate of drug-likeness (QED) is 0.261. The first-order chi connectivity index (χ1) is 17.3. The van der Waals surface area contributed by atoms with E-state index in [4.69, 9.17) is 14.2 Å². The van der Waals surface area contributed by atoms with Gasteiger partial charge in [-0.15, -0.1) is 0 Å². The fourth-order valence-electron chi connectivity index (χ4n) is 3.55. The highest BCUT2D eigenvalue weighted by Gasteiger charge is 2.31. The van der Waals surface area contributed by atoms with Crippen LogP contribution in [0.4, 0.5) is 13.2 Å². The van der Waals surface area contributed by atoms with Gasteiger partial charge in [-0.05, 0) is 35.9 Å². The van der Waals surface area contributed by atoms with Gasteiger partial charge < -0.3 is 14.2 Å². The molecule has 1 heterocycles. The Kier molecular flexibility index (Phi) is 7.05. The zero-order valence-corrected chi connectivity index (χ0v) is 19.1. The maximum absolute atomic E-state index is 14.0. The van der Waals surface area contributed by atoms with Crippen molar-refractivity contribution in [2.24, 2.45) is 0 Å². The molecule has 1 aromatic heterocycles. The van der Waals surface area contributed by atoms with Crippen molar-refractivity contribution in [2.45, 2.75) is 6.61 Å². The fraction of sp³-hybridized carbons (Fsp3) is 0.115. The largest absolute Gasteiger partial charge is 0.486 e. The number of carbonyl (C=O) groups is 2. The van der Waals surface area contributed by atoms with Crippen LogP contribution in [0.5, 0.6) is 5.75 Å². The van der Waals surface area contributed by atoms with Crippen molar-refractivity contribution in [3.8, 4) is 22.7 Å². The van der Waals surface area contributed by atoms with Gasteiger partial charge in [-0.1, -0.05) is 36.4 Å². The van der Waals surface area contributed by atoms with Gasteiger partial charge in [-0.2, -0.15) is 9.49 Å². The average Bonchev–Trinajstić information content (AvgIpc) is 3.32. The number of benzene rings is 3. The van der Waals surface area contributed by atoms with Gasteiger partial charge in [0.25, 0.3) is 0 Å². The lowest BCUT2D eigenvalue weighted by Gasteiger charge is -2.09. The van der Waals surface area contributed by atoms with E-state index in [0.717, 1.165) is 12.1 Å². The first-order valence-electron chi connectivity index (χ1n) is 10.6. The Morgan fingerprint density at radius 1 is 0.861 bits per heavy atom. The van der Waals surface area contributed by atoms with Crippen LogP contribution in [0.3, 0.4) is 0 Å². The smallest absolute Gasteiger partial charge is 0.357 e. The highest BCUT2D eigenvalue weighted by Crippen LogP contribution is 2.30. The number of esters is 2. The van der Waals surface area contributed by atoms with E-state index in [0.29, 0.717) is 16.8 Å². The third-order valence-corrected chi connectivity index (χ3v) is 5.25. The summed E-state index contributed by atoms with van der Waals surface area (Å²) < 4.78 is 57.1. The summed E-state index contributed by atoms with van der Waals surface area (Å²) in [5.74, 6) is -6.47. The molecule has 36 heavy (non-hydrogen) atoms. The molecule has 0 bridgehead atoms. The van der Waals surface area contributed by atoms with Crippen molar-refractivity contribution >= 4 is 11.9 Å². The van der Waals surface area contributed by atoms with E-state index in [1.54, 1.807) is 54.6 Å². The second-order valence-electron chi connectivity index (χ2n) is 7.47. The standard InChI is InChI=1S/C26H19F3N2O5/c1-34-25(32)20-23(30-31(24(20)26(33)35-2)17-9-4-3-5-10-17)16-8-6-7-15(13-16)14-36-19-12-11-18(27)21(28)22(19)29/h3-13H,14H2,1-2H3. The van der Waals surface area contributed by atoms with Crippen LogP contribution < -0.4 is 4.74 Å². The number of para-hydroxylation sites is 1. The normalized spacial score (nSPS) is 10.7. The van der Waals surface area contributed by atoms with E-state index in [9.17, 15) is 22.8 Å². The molecule has 0 radical (unpaired) electrons. The third kappa shape index (κ3) is 4.65. The maximum Gasteiger partial charge on any atom is 0.357 e. The van der Waals surface area contributed by atoms with Crippen LogP contribution in [0.25, 0.3) is 16.9 Å². The highest BCUT2D eigenvalue weighted by molar-refractivity contribution is 6.06. The topological polar surface area (TPSA) is 79.7 Å². The molecule has 4 aromatic rings. The maximum atomic E-state index is 14.0. The van der Waals surface area contributed by atoms with Crippen LogP contribution >= 0.6 is 0 Å². The summed E-state index contributed by atoms with van der Waals surface area (Å²) in [4.78, 5) is 25.5. The molecule has 0 fully saturated rings. The van der Waals surface area contributed by atoms with Gasteiger partial charge in [0.1, 0.15) is 17.9 Å². The van der Waals surface area contributed by atoms with E-state index in [1.165, 1.54) is 18.9 Å². The zero-order valence-electron chi connectivity index (χ0n) is 19.1. The predicted molar refractivity (Wildman–Crippen MR) is 122 cm³/mol. The van der Waals surface area contributed by atoms with Gasteiger partial charge in [0.05, 0.1) is 19.9 Å². The van der Waals surface area contributed by atoms with E-state index in [1.807, 2.05) is 0 Å². The summed E-state index contributed by atoms with van der Waals surface area (Å²) in [5, 5.41) is 4.51. The molecule has 4 rings (SSSR count). The number of carbonyl (C=O) groups excluding carboxylic acids is 2. The molecule has 184 valence electrons. The van der Waals surface area contributed by atoms with E-state index in [-0.39, 0.29) is 23.6 Å².